The normalized spacial score (nSPS) is 9.20. The Balaban J connectivity index is -0.000000425. The van der Waals surface area contributed by atoms with Crippen LogP contribution in [0.15, 0.2) is 6.07 Å². The second-order valence-electron chi connectivity index (χ2n) is 3.05. The molecular formula is C15H28F3NO. The zero-order valence-corrected chi connectivity index (χ0v) is 13.8. The molecule has 0 saturated carbocycles. The fourth-order valence-corrected chi connectivity index (χ4v) is 1.25. The first-order chi connectivity index (χ1) is 9.36. The number of aliphatic hydroxyl groups excluding tert-OH is 1. The van der Waals surface area contributed by atoms with Crippen LogP contribution in [0.5, 0.6) is 0 Å². The van der Waals surface area contributed by atoms with Gasteiger partial charge in [0.2, 0.25) is 0 Å². The number of alkyl halides is 3. The number of aliphatic hydroxyl groups is 1. The number of pyridine rings is 1. The van der Waals surface area contributed by atoms with Gasteiger partial charge in [0.15, 0.2) is 0 Å². The highest BCUT2D eigenvalue weighted by molar-refractivity contribution is 5.32. The third kappa shape index (κ3) is 8.15. The summed E-state index contributed by atoms with van der Waals surface area (Å²) < 4.78 is 37.2. The average Bonchev–Trinajstić information content (AvgIpc) is 2.46. The van der Waals surface area contributed by atoms with E-state index in [-0.39, 0.29) is 16.8 Å². The summed E-state index contributed by atoms with van der Waals surface area (Å²) in [6.07, 6.45) is -4.46. The van der Waals surface area contributed by atoms with E-state index in [4.69, 9.17) is 5.11 Å². The third-order valence-electron chi connectivity index (χ3n) is 1.95. The van der Waals surface area contributed by atoms with Gasteiger partial charge in [-0.2, -0.15) is 13.2 Å². The molecule has 0 aliphatic rings. The van der Waals surface area contributed by atoms with Gasteiger partial charge in [-0.3, -0.25) is 0 Å². The fourth-order valence-electron chi connectivity index (χ4n) is 1.25. The minimum Gasteiger partial charge on any atom is -0.392 e. The molecule has 0 atom stereocenters. The van der Waals surface area contributed by atoms with Gasteiger partial charge >= 0.3 is 6.18 Å². The lowest BCUT2D eigenvalue weighted by Gasteiger charge is -2.12. The van der Waals surface area contributed by atoms with Gasteiger partial charge in [0.1, 0.15) is 5.69 Å². The standard InChI is InChI=1S/C9H10F3NO.3C2H6/c1-5-3-7(4-14)6(2)8(13-5)9(10,11)12;3*1-2/h3,14H,4H2,1-2H3;3*1-2H3. The summed E-state index contributed by atoms with van der Waals surface area (Å²) in [5.41, 5.74) is -0.399. The molecule has 0 amide bonds. The smallest absolute Gasteiger partial charge is 0.392 e. The van der Waals surface area contributed by atoms with Crippen LogP contribution >= 0.6 is 0 Å². The molecule has 5 heteroatoms. The van der Waals surface area contributed by atoms with Crippen molar-refractivity contribution in [1.82, 2.24) is 4.98 Å². The number of rotatable bonds is 1. The van der Waals surface area contributed by atoms with E-state index < -0.39 is 18.5 Å². The van der Waals surface area contributed by atoms with Gasteiger partial charge in [-0.1, -0.05) is 41.5 Å². The van der Waals surface area contributed by atoms with Gasteiger partial charge in [0.25, 0.3) is 0 Å². The number of hydrogen-bond acceptors (Lipinski definition) is 2. The van der Waals surface area contributed by atoms with Crippen molar-refractivity contribution in [3.05, 3.63) is 28.6 Å². The molecule has 1 aromatic heterocycles. The van der Waals surface area contributed by atoms with E-state index in [1.54, 1.807) is 0 Å². The van der Waals surface area contributed by atoms with Gasteiger partial charge < -0.3 is 5.11 Å². The van der Waals surface area contributed by atoms with Gasteiger partial charge in [-0.15, -0.1) is 0 Å². The van der Waals surface area contributed by atoms with Crippen LogP contribution in [-0.2, 0) is 12.8 Å². The van der Waals surface area contributed by atoms with E-state index in [1.807, 2.05) is 41.5 Å². The largest absolute Gasteiger partial charge is 0.433 e. The van der Waals surface area contributed by atoms with Crippen LogP contribution in [0.4, 0.5) is 13.2 Å². The molecule has 0 bridgehead atoms. The molecule has 0 aliphatic heterocycles. The SMILES string of the molecule is CC.CC.CC.Cc1cc(CO)c(C)c(C(F)(F)F)n1. The molecule has 0 spiro atoms. The molecule has 0 aromatic carbocycles. The Kier molecular flexibility index (Phi) is 15.5. The van der Waals surface area contributed by atoms with Crippen LogP contribution < -0.4 is 0 Å². The predicted octanol–water partition coefficient (Wildman–Crippen LogP) is 5.29. The third-order valence-corrected chi connectivity index (χ3v) is 1.95. The number of halogens is 3. The summed E-state index contributed by atoms with van der Waals surface area (Å²) >= 11 is 0. The monoisotopic (exact) mass is 295 g/mol. The van der Waals surface area contributed by atoms with E-state index in [9.17, 15) is 13.2 Å². The van der Waals surface area contributed by atoms with Crippen molar-refractivity contribution in [2.24, 2.45) is 0 Å². The van der Waals surface area contributed by atoms with Crippen molar-refractivity contribution in [2.75, 3.05) is 0 Å². The summed E-state index contributed by atoms with van der Waals surface area (Å²) in [6.45, 7) is 14.4. The fraction of sp³-hybridized carbons (Fsp3) is 0.667. The number of aromatic nitrogens is 1. The Hall–Kier alpha value is -1.10. The average molecular weight is 295 g/mol. The van der Waals surface area contributed by atoms with Crippen LogP contribution in [0, 0.1) is 13.8 Å². The molecule has 2 nitrogen and oxygen atoms in total. The Morgan fingerprint density at radius 2 is 1.40 bits per heavy atom. The predicted molar refractivity (Wildman–Crippen MR) is 78.7 cm³/mol. The summed E-state index contributed by atoms with van der Waals surface area (Å²) in [4.78, 5) is 3.42. The maximum absolute atomic E-state index is 12.4. The van der Waals surface area contributed by atoms with E-state index >= 15 is 0 Å². The molecule has 20 heavy (non-hydrogen) atoms. The number of nitrogens with zero attached hydrogens (tertiary/aromatic N) is 1. The Bertz CT molecular complexity index is 350. The number of hydrogen-bond donors (Lipinski definition) is 1. The molecular weight excluding hydrogens is 267 g/mol. The van der Waals surface area contributed by atoms with E-state index in [0.717, 1.165) is 0 Å². The highest BCUT2D eigenvalue weighted by Crippen LogP contribution is 2.31. The first-order valence-corrected chi connectivity index (χ1v) is 7.01. The van der Waals surface area contributed by atoms with Crippen molar-refractivity contribution in [1.29, 1.82) is 0 Å². The molecule has 0 radical (unpaired) electrons. The maximum Gasteiger partial charge on any atom is 0.433 e. The summed E-state index contributed by atoms with van der Waals surface area (Å²) in [5.74, 6) is 0. The molecule has 0 fully saturated rings. The maximum atomic E-state index is 12.4. The van der Waals surface area contributed by atoms with E-state index in [0.29, 0.717) is 0 Å². The molecule has 0 aliphatic carbocycles. The lowest BCUT2D eigenvalue weighted by atomic mass is 10.1. The first-order valence-electron chi connectivity index (χ1n) is 7.01. The van der Waals surface area contributed by atoms with Crippen molar-refractivity contribution in [3.8, 4) is 0 Å². The lowest BCUT2D eigenvalue weighted by Crippen LogP contribution is -2.13. The van der Waals surface area contributed by atoms with Gasteiger partial charge in [-0.05, 0) is 31.0 Å². The topological polar surface area (TPSA) is 33.1 Å². The molecule has 1 N–H and O–H groups in total. The zero-order valence-electron chi connectivity index (χ0n) is 13.8. The van der Waals surface area contributed by atoms with Gasteiger partial charge in [0, 0.05) is 5.69 Å². The minimum absolute atomic E-state index is 0.00870. The first kappa shape index (κ1) is 24.0. The lowest BCUT2D eigenvalue weighted by molar-refractivity contribution is -0.141. The Morgan fingerprint density at radius 1 is 1.00 bits per heavy atom. The van der Waals surface area contributed by atoms with Crippen LogP contribution in [0.2, 0.25) is 0 Å². The van der Waals surface area contributed by atoms with Crippen LogP contribution in [0.25, 0.3) is 0 Å². The zero-order chi connectivity index (χ0) is 16.9. The summed E-state index contributed by atoms with van der Waals surface area (Å²) in [6, 6.07) is 1.45. The Morgan fingerprint density at radius 3 is 1.70 bits per heavy atom. The second kappa shape index (κ2) is 12.9. The summed E-state index contributed by atoms with van der Waals surface area (Å²) in [7, 11) is 0. The highest BCUT2D eigenvalue weighted by Gasteiger charge is 2.35. The van der Waals surface area contributed by atoms with Gasteiger partial charge in [-0.25, -0.2) is 4.98 Å². The molecule has 1 heterocycles. The molecule has 1 aromatic rings. The molecule has 1 rings (SSSR count). The summed E-state index contributed by atoms with van der Waals surface area (Å²) in [5, 5.41) is 8.84. The van der Waals surface area contributed by atoms with E-state index in [1.165, 1.54) is 19.9 Å². The molecule has 0 saturated heterocycles. The van der Waals surface area contributed by atoms with E-state index in [2.05, 4.69) is 4.98 Å². The quantitative estimate of drug-likeness (QED) is 0.763. The van der Waals surface area contributed by atoms with Crippen LogP contribution in [0.1, 0.15) is 64.1 Å². The minimum atomic E-state index is -4.46. The molecule has 120 valence electrons. The van der Waals surface area contributed by atoms with Crippen LogP contribution in [0.3, 0.4) is 0 Å². The van der Waals surface area contributed by atoms with Crippen molar-refractivity contribution < 1.29 is 18.3 Å². The highest BCUT2D eigenvalue weighted by atomic mass is 19.4. The van der Waals surface area contributed by atoms with Crippen molar-refractivity contribution in [3.63, 3.8) is 0 Å². The molecule has 0 unspecified atom stereocenters. The van der Waals surface area contributed by atoms with Crippen molar-refractivity contribution in [2.45, 2.75) is 68.2 Å². The number of aryl methyl sites for hydroxylation is 1. The van der Waals surface area contributed by atoms with Crippen molar-refractivity contribution >= 4 is 0 Å². The van der Waals surface area contributed by atoms with Gasteiger partial charge in [0.05, 0.1) is 6.61 Å². The van der Waals surface area contributed by atoms with Crippen LogP contribution in [-0.4, -0.2) is 10.1 Å². The Labute approximate surface area is 121 Å². The second-order valence-corrected chi connectivity index (χ2v) is 3.05.